The molecule has 3 heterocycles. The highest BCUT2D eigenvalue weighted by atomic mass is 15.4. The van der Waals surface area contributed by atoms with E-state index in [1.165, 1.54) is 11.1 Å². The van der Waals surface area contributed by atoms with Gasteiger partial charge in [0.15, 0.2) is 5.82 Å². The first-order valence-electron chi connectivity index (χ1n) is 8.99. The Labute approximate surface area is 158 Å². The maximum absolute atomic E-state index is 4.64. The van der Waals surface area contributed by atoms with E-state index in [1.807, 2.05) is 6.07 Å². The van der Waals surface area contributed by atoms with E-state index in [2.05, 4.69) is 72.3 Å². The van der Waals surface area contributed by atoms with Gasteiger partial charge in [-0.25, -0.2) is 9.97 Å². The second kappa shape index (κ2) is 7.53. The Morgan fingerprint density at radius 1 is 0.852 bits per heavy atom. The van der Waals surface area contributed by atoms with Gasteiger partial charge in [-0.1, -0.05) is 6.07 Å². The number of rotatable bonds is 4. The molecule has 1 N–H and O–H groups in total. The molecule has 1 aromatic carbocycles. The van der Waals surface area contributed by atoms with Gasteiger partial charge >= 0.3 is 0 Å². The molecule has 4 rings (SSSR count). The molecule has 8 nitrogen and oxygen atoms in total. The van der Waals surface area contributed by atoms with E-state index in [4.69, 9.17) is 0 Å². The van der Waals surface area contributed by atoms with Gasteiger partial charge in [0.2, 0.25) is 11.9 Å². The van der Waals surface area contributed by atoms with Crippen LogP contribution in [0, 0.1) is 13.8 Å². The van der Waals surface area contributed by atoms with Crippen LogP contribution in [0.25, 0.3) is 0 Å². The molecule has 0 spiro atoms. The van der Waals surface area contributed by atoms with Crippen LogP contribution in [0.1, 0.15) is 11.1 Å². The highest BCUT2D eigenvalue weighted by Gasteiger charge is 2.21. The van der Waals surface area contributed by atoms with Crippen molar-refractivity contribution in [2.75, 3.05) is 41.3 Å². The van der Waals surface area contributed by atoms with E-state index in [-0.39, 0.29) is 0 Å². The molecular formula is C19H22N8. The number of anilines is 4. The number of nitrogens with one attached hydrogen (secondary N) is 1. The Kier molecular flexibility index (Phi) is 4.78. The highest BCUT2D eigenvalue weighted by molar-refractivity contribution is 5.58. The van der Waals surface area contributed by atoms with Gasteiger partial charge in [-0.05, 0) is 43.2 Å². The van der Waals surface area contributed by atoms with Crippen LogP contribution in [0.5, 0.6) is 0 Å². The minimum atomic E-state index is 0.637. The number of nitrogens with zero attached hydrogens (tertiary/aromatic N) is 7. The van der Waals surface area contributed by atoms with Crippen LogP contribution in [-0.2, 0) is 0 Å². The number of aromatic nitrogens is 5. The zero-order valence-corrected chi connectivity index (χ0v) is 15.5. The quantitative estimate of drug-likeness (QED) is 0.757. The first-order chi connectivity index (χ1) is 13.2. The van der Waals surface area contributed by atoms with Crippen LogP contribution < -0.4 is 15.1 Å². The Balaban J connectivity index is 1.44. The average molecular weight is 362 g/mol. The lowest BCUT2D eigenvalue weighted by Gasteiger charge is -2.34. The highest BCUT2D eigenvalue weighted by Crippen LogP contribution is 2.20. The normalized spacial score (nSPS) is 14.3. The molecule has 0 radical (unpaired) electrons. The lowest BCUT2D eigenvalue weighted by molar-refractivity contribution is 0.624. The summed E-state index contributed by atoms with van der Waals surface area (Å²) in [5.41, 5.74) is 3.42. The van der Waals surface area contributed by atoms with Crippen molar-refractivity contribution in [2.45, 2.75) is 13.8 Å². The lowest BCUT2D eigenvalue weighted by atomic mass is 10.1. The molecule has 0 aliphatic carbocycles. The molecule has 27 heavy (non-hydrogen) atoms. The van der Waals surface area contributed by atoms with Crippen molar-refractivity contribution in [1.29, 1.82) is 0 Å². The maximum Gasteiger partial charge on any atom is 0.247 e. The van der Waals surface area contributed by atoms with Crippen molar-refractivity contribution >= 4 is 23.4 Å². The first-order valence-corrected chi connectivity index (χ1v) is 8.99. The molecule has 3 aromatic rings. The number of hydrogen-bond acceptors (Lipinski definition) is 8. The van der Waals surface area contributed by atoms with Crippen molar-refractivity contribution in [3.05, 3.63) is 54.0 Å². The van der Waals surface area contributed by atoms with Gasteiger partial charge in [-0.3, -0.25) is 0 Å². The minimum Gasteiger partial charge on any atom is -0.339 e. The zero-order chi connectivity index (χ0) is 18.6. The first kappa shape index (κ1) is 17.1. The third kappa shape index (κ3) is 4.11. The van der Waals surface area contributed by atoms with Gasteiger partial charge in [-0.2, -0.15) is 10.1 Å². The monoisotopic (exact) mass is 362 g/mol. The zero-order valence-electron chi connectivity index (χ0n) is 15.5. The average Bonchev–Trinajstić information content (AvgIpc) is 2.68. The number of aryl methyl sites for hydroxylation is 2. The van der Waals surface area contributed by atoms with E-state index >= 15 is 0 Å². The van der Waals surface area contributed by atoms with Crippen LogP contribution >= 0.6 is 0 Å². The van der Waals surface area contributed by atoms with Crippen molar-refractivity contribution in [3.8, 4) is 0 Å². The van der Waals surface area contributed by atoms with Crippen molar-refractivity contribution in [2.24, 2.45) is 0 Å². The van der Waals surface area contributed by atoms with Gasteiger partial charge in [-0.15, -0.1) is 5.10 Å². The Morgan fingerprint density at radius 2 is 1.48 bits per heavy atom. The number of piperazine rings is 1. The second-order valence-electron chi connectivity index (χ2n) is 6.67. The van der Waals surface area contributed by atoms with Gasteiger partial charge in [0.05, 0.1) is 6.20 Å². The SMILES string of the molecule is Cc1cc(C)cc(Nc2cnnc(N3CCN(c4ncccn4)CC3)n2)c1. The van der Waals surface area contributed by atoms with Gasteiger partial charge < -0.3 is 15.1 Å². The fourth-order valence-corrected chi connectivity index (χ4v) is 3.24. The Bertz CT molecular complexity index is 886. The number of hydrogen-bond donors (Lipinski definition) is 1. The molecule has 1 saturated heterocycles. The predicted octanol–water partition coefficient (Wildman–Crippen LogP) is 2.35. The molecule has 1 aliphatic heterocycles. The predicted molar refractivity (Wildman–Crippen MR) is 105 cm³/mol. The standard InChI is InChI=1S/C19H22N8/c1-14-10-15(2)12-16(11-14)23-17-13-22-25-19(24-17)27-8-6-26(7-9-27)18-20-4-3-5-21-18/h3-5,10-13H,6-9H2,1-2H3,(H,23,24,25). The van der Waals surface area contributed by atoms with Crippen molar-refractivity contribution < 1.29 is 0 Å². The largest absolute Gasteiger partial charge is 0.339 e. The third-order valence-electron chi connectivity index (χ3n) is 4.44. The molecule has 1 aliphatic rings. The van der Waals surface area contributed by atoms with Gasteiger partial charge in [0.25, 0.3) is 0 Å². The maximum atomic E-state index is 4.64. The summed E-state index contributed by atoms with van der Waals surface area (Å²) in [6.45, 7) is 7.40. The third-order valence-corrected chi connectivity index (χ3v) is 4.44. The Morgan fingerprint density at radius 3 is 2.15 bits per heavy atom. The smallest absolute Gasteiger partial charge is 0.247 e. The summed E-state index contributed by atoms with van der Waals surface area (Å²) >= 11 is 0. The van der Waals surface area contributed by atoms with Crippen LogP contribution in [0.2, 0.25) is 0 Å². The summed E-state index contributed by atoms with van der Waals surface area (Å²) in [5.74, 6) is 2.10. The molecule has 0 atom stereocenters. The summed E-state index contributed by atoms with van der Waals surface area (Å²) in [7, 11) is 0. The van der Waals surface area contributed by atoms with E-state index in [0.717, 1.165) is 37.8 Å². The topological polar surface area (TPSA) is 83.0 Å². The molecule has 138 valence electrons. The van der Waals surface area contributed by atoms with E-state index in [0.29, 0.717) is 11.8 Å². The molecule has 1 fully saturated rings. The summed E-state index contributed by atoms with van der Waals surface area (Å²) in [6, 6.07) is 8.15. The second-order valence-corrected chi connectivity index (χ2v) is 6.67. The van der Waals surface area contributed by atoms with Crippen LogP contribution in [0.4, 0.5) is 23.4 Å². The van der Waals surface area contributed by atoms with Crippen LogP contribution in [0.15, 0.2) is 42.9 Å². The number of benzene rings is 1. The summed E-state index contributed by atoms with van der Waals surface area (Å²) in [4.78, 5) is 17.6. The van der Waals surface area contributed by atoms with Crippen LogP contribution in [0.3, 0.4) is 0 Å². The van der Waals surface area contributed by atoms with Gasteiger partial charge in [0.1, 0.15) is 0 Å². The molecule has 0 saturated carbocycles. The van der Waals surface area contributed by atoms with E-state index < -0.39 is 0 Å². The Hall–Kier alpha value is -3.29. The van der Waals surface area contributed by atoms with E-state index in [1.54, 1.807) is 18.6 Å². The minimum absolute atomic E-state index is 0.637. The molecular weight excluding hydrogens is 340 g/mol. The van der Waals surface area contributed by atoms with E-state index in [9.17, 15) is 0 Å². The molecule has 0 amide bonds. The van der Waals surface area contributed by atoms with Crippen molar-refractivity contribution in [3.63, 3.8) is 0 Å². The summed E-state index contributed by atoms with van der Waals surface area (Å²) in [5, 5.41) is 11.7. The molecule has 2 aromatic heterocycles. The summed E-state index contributed by atoms with van der Waals surface area (Å²) < 4.78 is 0. The van der Waals surface area contributed by atoms with Crippen LogP contribution in [-0.4, -0.2) is 51.3 Å². The fourth-order valence-electron chi connectivity index (χ4n) is 3.24. The fraction of sp³-hybridized carbons (Fsp3) is 0.316. The van der Waals surface area contributed by atoms with Gasteiger partial charge in [0, 0.05) is 44.3 Å². The molecule has 8 heteroatoms. The summed E-state index contributed by atoms with van der Waals surface area (Å²) in [6.07, 6.45) is 5.18. The molecule has 0 unspecified atom stereocenters. The van der Waals surface area contributed by atoms with Crippen molar-refractivity contribution in [1.82, 2.24) is 25.1 Å². The molecule has 0 bridgehead atoms. The lowest BCUT2D eigenvalue weighted by Crippen LogP contribution is -2.47.